The summed E-state index contributed by atoms with van der Waals surface area (Å²) in [5, 5.41) is 2.77. The van der Waals surface area contributed by atoms with Gasteiger partial charge in [0.15, 0.2) is 5.69 Å². The minimum atomic E-state index is -4.35. The van der Waals surface area contributed by atoms with Gasteiger partial charge in [-0.25, -0.2) is 4.98 Å². The summed E-state index contributed by atoms with van der Waals surface area (Å²) in [6, 6.07) is 9.15. The molecule has 1 N–H and O–H groups in total. The number of nitrogens with one attached hydrogen (secondary N) is 1. The fraction of sp³-hybridized carbons (Fsp3) is 0.318. The van der Waals surface area contributed by atoms with Gasteiger partial charge in [0.1, 0.15) is 6.26 Å². The molecule has 0 unspecified atom stereocenters. The third kappa shape index (κ3) is 5.69. The second-order valence-corrected chi connectivity index (χ2v) is 7.50. The van der Waals surface area contributed by atoms with Crippen molar-refractivity contribution in [2.24, 2.45) is 0 Å². The minimum absolute atomic E-state index is 0.184. The van der Waals surface area contributed by atoms with Crippen LogP contribution in [0, 0.1) is 0 Å². The Morgan fingerprint density at radius 3 is 2.55 bits per heavy atom. The molecule has 31 heavy (non-hydrogen) atoms. The molecule has 0 bridgehead atoms. The first-order valence-corrected chi connectivity index (χ1v) is 9.90. The number of oxazole rings is 1. The van der Waals surface area contributed by atoms with E-state index in [1.165, 1.54) is 18.4 Å². The molecule has 2 heterocycles. The number of pyridine rings is 1. The minimum Gasteiger partial charge on any atom is -0.447 e. The van der Waals surface area contributed by atoms with Crippen molar-refractivity contribution in [3.8, 4) is 0 Å². The van der Waals surface area contributed by atoms with E-state index in [0.717, 1.165) is 36.1 Å². The Hall–Kier alpha value is -3.20. The van der Waals surface area contributed by atoms with Crippen LogP contribution in [0.4, 0.5) is 13.2 Å². The summed E-state index contributed by atoms with van der Waals surface area (Å²) < 4.78 is 43.8. The maximum Gasteiger partial charge on any atom is 0.416 e. The average molecular weight is 430 g/mol. The summed E-state index contributed by atoms with van der Waals surface area (Å²) in [4.78, 5) is 22.7. The number of benzene rings is 1. The van der Waals surface area contributed by atoms with Crippen molar-refractivity contribution in [2.45, 2.75) is 44.7 Å². The van der Waals surface area contributed by atoms with Crippen LogP contribution in [0.25, 0.3) is 0 Å². The molecule has 0 spiro atoms. The van der Waals surface area contributed by atoms with Crippen molar-refractivity contribution in [1.82, 2.24) is 20.2 Å². The summed E-state index contributed by atoms with van der Waals surface area (Å²) in [6.45, 7) is 1.19. The van der Waals surface area contributed by atoms with Crippen LogP contribution in [0.15, 0.2) is 59.5 Å². The third-order valence-corrected chi connectivity index (χ3v) is 5.03. The fourth-order valence-corrected chi connectivity index (χ4v) is 3.22. The maximum absolute atomic E-state index is 12.8. The van der Waals surface area contributed by atoms with Gasteiger partial charge in [0, 0.05) is 31.5 Å². The Kier molecular flexibility index (Phi) is 6.03. The van der Waals surface area contributed by atoms with Crippen molar-refractivity contribution >= 4 is 5.91 Å². The molecule has 6 nitrogen and oxygen atoms in total. The lowest BCUT2D eigenvalue weighted by atomic mass is 10.1. The molecule has 162 valence electrons. The Balaban J connectivity index is 1.36. The normalized spacial score (nSPS) is 14.1. The van der Waals surface area contributed by atoms with Crippen LogP contribution in [-0.4, -0.2) is 26.8 Å². The molecule has 0 atom stereocenters. The number of amides is 1. The molecule has 0 radical (unpaired) electrons. The van der Waals surface area contributed by atoms with Gasteiger partial charge in [-0.15, -0.1) is 0 Å². The smallest absolute Gasteiger partial charge is 0.416 e. The molecule has 1 amide bonds. The fourth-order valence-electron chi connectivity index (χ4n) is 3.22. The zero-order valence-corrected chi connectivity index (χ0v) is 16.6. The van der Waals surface area contributed by atoms with Crippen LogP contribution in [0.3, 0.4) is 0 Å². The molecule has 1 saturated carbocycles. The van der Waals surface area contributed by atoms with Crippen LogP contribution >= 0.6 is 0 Å². The number of rotatable bonds is 8. The Bertz CT molecular complexity index is 1020. The Morgan fingerprint density at radius 2 is 1.90 bits per heavy atom. The highest BCUT2D eigenvalue weighted by atomic mass is 19.4. The van der Waals surface area contributed by atoms with Crippen LogP contribution in [0.2, 0.25) is 0 Å². The van der Waals surface area contributed by atoms with Gasteiger partial charge in [-0.1, -0.05) is 18.2 Å². The van der Waals surface area contributed by atoms with E-state index in [1.54, 1.807) is 18.5 Å². The highest BCUT2D eigenvalue weighted by Gasteiger charge is 2.32. The summed E-state index contributed by atoms with van der Waals surface area (Å²) in [7, 11) is 0. The first kappa shape index (κ1) is 21.0. The molecular formula is C22H21F3N4O2. The van der Waals surface area contributed by atoms with Crippen LogP contribution in [-0.2, 0) is 25.8 Å². The van der Waals surface area contributed by atoms with Gasteiger partial charge in [0.2, 0.25) is 5.89 Å². The van der Waals surface area contributed by atoms with E-state index in [1.807, 2.05) is 6.07 Å². The molecular weight excluding hydrogens is 409 g/mol. The zero-order valence-electron chi connectivity index (χ0n) is 16.6. The lowest BCUT2D eigenvalue weighted by molar-refractivity contribution is -0.137. The van der Waals surface area contributed by atoms with Crippen molar-refractivity contribution < 1.29 is 22.4 Å². The van der Waals surface area contributed by atoms with Gasteiger partial charge >= 0.3 is 6.18 Å². The lowest BCUT2D eigenvalue weighted by Gasteiger charge is -2.20. The van der Waals surface area contributed by atoms with E-state index in [0.29, 0.717) is 31.6 Å². The van der Waals surface area contributed by atoms with E-state index < -0.39 is 11.7 Å². The average Bonchev–Trinajstić information content (AvgIpc) is 3.50. The summed E-state index contributed by atoms with van der Waals surface area (Å²) >= 11 is 0. The van der Waals surface area contributed by atoms with Gasteiger partial charge in [-0.3, -0.25) is 14.7 Å². The molecule has 4 rings (SSSR count). The van der Waals surface area contributed by atoms with Crippen LogP contribution in [0.1, 0.15) is 45.9 Å². The monoisotopic (exact) mass is 430 g/mol. The summed E-state index contributed by atoms with van der Waals surface area (Å²) in [6.07, 6.45) is 2.33. The predicted molar refractivity (Wildman–Crippen MR) is 106 cm³/mol. The Labute approximate surface area is 177 Å². The highest BCUT2D eigenvalue weighted by molar-refractivity contribution is 5.91. The Morgan fingerprint density at radius 1 is 1.13 bits per heavy atom. The number of aromatic nitrogens is 2. The lowest BCUT2D eigenvalue weighted by Crippen LogP contribution is -2.26. The second kappa shape index (κ2) is 8.89. The number of hydrogen-bond donors (Lipinski definition) is 1. The molecule has 1 fully saturated rings. The van der Waals surface area contributed by atoms with Crippen LogP contribution < -0.4 is 5.32 Å². The van der Waals surface area contributed by atoms with E-state index in [9.17, 15) is 18.0 Å². The van der Waals surface area contributed by atoms with E-state index in [-0.39, 0.29) is 11.6 Å². The van der Waals surface area contributed by atoms with E-state index in [2.05, 4.69) is 20.2 Å². The van der Waals surface area contributed by atoms with Gasteiger partial charge in [0.25, 0.3) is 5.91 Å². The van der Waals surface area contributed by atoms with Crippen molar-refractivity contribution in [1.29, 1.82) is 0 Å². The zero-order chi connectivity index (χ0) is 21.8. The van der Waals surface area contributed by atoms with Crippen molar-refractivity contribution in [3.05, 3.63) is 83.3 Å². The summed E-state index contributed by atoms with van der Waals surface area (Å²) in [5.41, 5.74) is 1.17. The number of carbonyl (C=O) groups excluding carboxylic acids is 1. The second-order valence-electron chi connectivity index (χ2n) is 7.50. The van der Waals surface area contributed by atoms with Crippen molar-refractivity contribution in [3.63, 3.8) is 0 Å². The van der Waals surface area contributed by atoms with Gasteiger partial charge in [-0.2, -0.15) is 13.2 Å². The quantitative estimate of drug-likeness (QED) is 0.581. The molecule has 0 aliphatic heterocycles. The molecule has 0 saturated heterocycles. The number of halogens is 3. The molecule has 3 aromatic rings. The van der Waals surface area contributed by atoms with Gasteiger partial charge < -0.3 is 9.73 Å². The SMILES string of the molecule is O=C(NCc1cccnc1)c1coc(CN(Cc2ccc(C(F)(F)F)cc2)C2CC2)n1. The number of alkyl halides is 3. The van der Waals surface area contributed by atoms with Crippen LogP contribution in [0.5, 0.6) is 0 Å². The molecule has 9 heteroatoms. The highest BCUT2D eigenvalue weighted by Crippen LogP contribution is 2.32. The number of carbonyl (C=O) groups is 1. The first-order chi connectivity index (χ1) is 14.9. The third-order valence-electron chi connectivity index (χ3n) is 5.03. The van der Waals surface area contributed by atoms with E-state index in [4.69, 9.17) is 4.42 Å². The topological polar surface area (TPSA) is 71.3 Å². The first-order valence-electron chi connectivity index (χ1n) is 9.90. The molecule has 1 aromatic carbocycles. The van der Waals surface area contributed by atoms with Crippen molar-refractivity contribution in [2.75, 3.05) is 0 Å². The number of nitrogens with zero attached hydrogens (tertiary/aromatic N) is 3. The van der Waals surface area contributed by atoms with Gasteiger partial charge in [-0.05, 0) is 42.2 Å². The largest absolute Gasteiger partial charge is 0.447 e. The standard InChI is InChI=1S/C22H21F3N4O2/c23-22(24,25)17-5-3-15(4-6-17)12-29(18-7-8-18)13-20-28-19(14-31-20)21(30)27-11-16-2-1-9-26-10-16/h1-6,9-10,14,18H,7-8,11-13H2,(H,27,30). The maximum atomic E-state index is 12.8. The summed E-state index contributed by atoms with van der Waals surface area (Å²) in [5.74, 6) is 0.0462. The van der Waals surface area contributed by atoms with E-state index >= 15 is 0 Å². The predicted octanol–water partition coefficient (Wildman–Crippen LogP) is 4.18. The molecule has 1 aliphatic rings. The number of hydrogen-bond acceptors (Lipinski definition) is 5. The van der Waals surface area contributed by atoms with Gasteiger partial charge in [0.05, 0.1) is 12.1 Å². The molecule has 2 aromatic heterocycles. The molecule has 1 aliphatic carbocycles.